The number of rotatable bonds is 4. The fourth-order valence-electron chi connectivity index (χ4n) is 2.35. The summed E-state index contributed by atoms with van der Waals surface area (Å²) in [6, 6.07) is 9.31. The van der Waals surface area contributed by atoms with Crippen molar-refractivity contribution < 1.29 is 0 Å². The molecule has 0 heterocycles. The number of halogens is 1. The highest BCUT2D eigenvalue weighted by molar-refractivity contribution is 6.30. The van der Waals surface area contributed by atoms with Gasteiger partial charge in [0.1, 0.15) is 0 Å². The molecule has 1 aromatic rings. The molecule has 3 rings (SSSR count). The molecule has 2 aliphatic carbocycles. The summed E-state index contributed by atoms with van der Waals surface area (Å²) in [5, 5.41) is 7.81. The summed E-state index contributed by atoms with van der Waals surface area (Å²) in [5.41, 5.74) is 1.33. The van der Waals surface area contributed by atoms with E-state index < -0.39 is 0 Å². The molecule has 0 radical (unpaired) electrons. The summed E-state index contributed by atoms with van der Waals surface area (Å²) in [7, 11) is 0. The van der Waals surface area contributed by atoms with Gasteiger partial charge in [0.2, 0.25) is 0 Å². The van der Waals surface area contributed by atoms with Gasteiger partial charge in [-0.15, -0.1) is 0 Å². The van der Waals surface area contributed by atoms with Gasteiger partial charge in [-0.1, -0.05) is 23.7 Å². The second-order valence-electron chi connectivity index (χ2n) is 5.39. The molecule has 0 aromatic heterocycles. The average molecular weight is 278 g/mol. The molecule has 19 heavy (non-hydrogen) atoms. The summed E-state index contributed by atoms with van der Waals surface area (Å²) in [6.07, 6.45) is 3.70. The number of benzene rings is 1. The van der Waals surface area contributed by atoms with Gasteiger partial charge >= 0.3 is 0 Å². The third kappa shape index (κ3) is 3.41. The molecule has 4 heteroatoms. The lowest BCUT2D eigenvalue weighted by atomic mass is 10.1. The van der Waals surface area contributed by atoms with Gasteiger partial charge in [0, 0.05) is 29.6 Å². The summed E-state index contributed by atoms with van der Waals surface area (Å²) in [5.74, 6) is 1.54. The van der Waals surface area contributed by atoms with Gasteiger partial charge in [0.25, 0.3) is 0 Å². The van der Waals surface area contributed by atoms with Crippen molar-refractivity contribution in [2.75, 3.05) is 6.54 Å². The van der Waals surface area contributed by atoms with Gasteiger partial charge in [-0.2, -0.15) is 0 Å². The van der Waals surface area contributed by atoms with Crippen molar-refractivity contribution in [3.63, 3.8) is 0 Å². The van der Waals surface area contributed by atoms with E-state index in [1.165, 1.54) is 18.4 Å². The number of guanidine groups is 1. The second kappa shape index (κ2) is 5.41. The van der Waals surface area contributed by atoms with Crippen molar-refractivity contribution in [1.82, 2.24) is 10.6 Å². The van der Waals surface area contributed by atoms with Crippen LogP contribution in [0.1, 0.15) is 37.7 Å². The summed E-state index contributed by atoms with van der Waals surface area (Å²) in [6.45, 7) is 2.88. The fraction of sp³-hybridized carbons (Fsp3) is 0.533. The molecule has 0 saturated heterocycles. The monoisotopic (exact) mass is 277 g/mol. The third-order valence-corrected chi connectivity index (χ3v) is 3.86. The van der Waals surface area contributed by atoms with Gasteiger partial charge in [-0.25, -0.2) is 0 Å². The van der Waals surface area contributed by atoms with Crippen LogP contribution in [0.5, 0.6) is 0 Å². The Labute approximate surface area is 119 Å². The Bertz CT molecular complexity index is 482. The smallest absolute Gasteiger partial charge is 0.191 e. The SMILES string of the molecule is CCN=C(NC1CC1)NC1CC1c1cccc(Cl)c1. The van der Waals surface area contributed by atoms with Crippen LogP contribution < -0.4 is 10.6 Å². The van der Waals surface area contributed by atoms with Crippen LogP contribution >= 0.6 is 11.6 Å². The molecule has 2 unspecified atom stereocenters. The molecule has 3 nitrogen and oxygen atoms in total. The first kappa shape index (κ1) is 12.8. The van der Waals surface area contributed by atoms with E-state index in [2.05, 4.69) is 34.7 Å². The van der Waals surface area contributed by atoms with E-state index >= 15 is 0 Å². The lowest BCUT2D eigenvalue weighted by Crippen LogP contribution is -2.40. The van der Waals surface area contributed by atoms with Crippen LogP contribution in [0.15, 0.2) is 29.3 Å². The Morgan fingerprint density at radius 1 is 1.37 bits per heavy atom. The molecule has 2 aliphatic rings. The minimum absolute atomic E-state index is 0.495. The Morgan fingerprint density at radius 3 is 2.89 bits per heavy atom. The van der Waals surface area contributed by atoms with Crippen molar-refractivity contribution in [3.8, 4) is 0 Å². The van der Waals surface area contributed by atoms with Crippen molar-refractivity contribution in [2.45, 2.75) is 44.2 Å². The Balaban J connectivity index is 1.58. The molecule has 2 fully saturated rings. The Hall–Kier alpha value is -1.22. The zero-order valence-corrected chi connectivity index (χ0v) is 12.0. The van der Waals surface area contributed by atoms with E-state index in [4.69, 9.17) is 11.6 Å². The Morgan fingerprint density at radius 2 is 2.21 bits per heavy atom. The third-order valence-electron chi connectivity index (χ3n) is 3.62. The lowest BCUT2D eigenvalue weighted by Gasteiger charge is -2.11. The first-order valence-corrected chi connectivity index (χ1v) is 7.47. The maximum absolute atomic E-state index is 6.04. The number of hydrogen-bond acceptors (Lipinski definition) is 1. The highest BCUT2D eigenvalue weighted by atomic mass is 35.5. The molecular weight excluding hydrogens is 258 g/mol. The highest BCUT2D eigenvalue weighted by Crippen LogP contribution is 2.41. The zero-order valence-electron chi connectivity index (χ0n) is 11.2. The van der Waals surface area contributed by atoms with E-state index in [-0.39, 0.29) is 0 Å². The van der Waals surface area contributed by atoms with E-state index in [9.17, 15) is 0 Å². The van der Waals surface area contributed by atoms with Crippen molar-refractivity contribution in [1.29, 1.82) is 0 Å². The van der Waals surface area contributed by atoms with Crippen LogP contribution in [0.2, 0.25) is 5.02 Å². The van der Waals surface area contributed by atoms with Crippen LogP contribution in [0.25, 0.3) is 0 Å². The van der Waals surface area contributed by atoms with Crippen LogP contribution in [-0.2, 0) is 0 Å². The number of hydrogen-bond donors (Lipinski definition) is 2. The number of nitrogens with one attached hydrogen (secondary N) is 2. The quantitative estimate of drug-likeness (QED) is 0.656. The van der Waals surface area contributed by atoms with Crippen LogP contribution in [0, 0.1) is 0 Å². The normalized spacial score (nSPS) is 26.1. The van der Waals surface area contributed by atoms with E-state index in [0.717, 1.165) is 23.9 Å². The number of aliphatic imine (C=N–C) groups is 1. The van der Waals surface area contributed by atoms with Crippen LogP contribution in [0.3, 0.4) is 0 Å². The lowest BCUT2D eigenvalue weighted by molar-refractivity contribution is 0.781. The van der Waals surface area contributed by atoms with Gasteiger partial charge in [-0.3, -0.25) is 4.99 Å². The van der Waals surface area contributed by atoms with Crippen molar-refractivity contribution >= 4 is 17.6 Å². The van der Waals surface area contributed by atoms with E-state index in [0.29, 0.717) is 18.0 Å². The topological polar surface area (TPSA) is 36.4 Å². The van der Waals surface area contributed by atoms with Gasteiger partial charge in [0.05, 0.1) is 0 Å². The number of nitrogens with zero attached hydrogens (tertiary/aromatic N) is 1. The van der Waals surface area contributed by atoms with Crippen molar-refractivity contribution in [2.24, 2.45) is 4.99 Å². The minimum atomic E-state index is 0.495. The largest absolute Gasteiger partial charge is 0.354 e. The molecule has 102 valence electrons. The molecule has 0 aliphatic heterocycles. The predicted octanol–water partition coefficient (Wildman–Crippen LogP) is 2.91. The van der Waals surface area contributed by atoms with Gasteiger partial charge < -0.3 is 10.6 Å². The van der Waals surface area contributed by atoms with Gasteiger partial charge in [-0.05, 0) is 43.9 Å². The molecule has 0 amide bonds. The van der Waals surface area contributed by atoms with Gasteiger partial charge in [0.15, 0.2) is 5.96 Å². The molecule has 2 atom stereocenters. The minimum Gasteiger partial charge on any atom is -0.354 e. The van der Waals surface area contributed by atoms with E-state index in [1.54, 1.807) is 0 Å². The average Bonchev–Trinajstić information content (AvgIpc) is 3.26. The van der Waals surface area contributed by atoms with Crippen molar-refractivity contribution in [3.05, 3.63) is 34.9 Å². The highest BCUT2D eigenvalue weighted by Gasteiger charge is 2.39. The summed E-state index contributed by atoms with van der Waals surface area (Å²) in [4.78, 5) is 4.50. The molecular formula is C15H20ClN3. The maximum atomic E-state index is 6.04. The predicted molar refractivity (Wildman–Crippen MR) is 79.9 cm³/mol. The summed E-state index contributed by atoms with van der Waals surface area (Å²) >= 11 is 6.04. The molecule has 2 saturated carbocycles. The fourth-order valence-corrected chi connectivity index (χ4v) is 2.55. The standard InChI is InChI=1S/C15H20ClN3/c1-2-17-15(18-12-6-7-12)19-14-9-13(14)10-4-3-5-11(16)8-10/h3-5,8,12-14H,2,6-7,9H2,1H3,(H2,17,18,19). The summed E-state index contributed by atoms with van der Waals surface area (Å²) < 4.78 is 0. The maximum Gasteiger partial charge on any atom is 0.191 e. The second-order valence-corrected chi connectivity index (χ2v) is 5.83. The Kier molecular flexibility index (Phi) is 3.65. The molecule has 1 aromatic carbocycles. The first-order valence-electron chi connectivity index (χ1n) is 7.09. The molecule has 2 N–H and O–H groups in total. The van der Waals surface area contributed by atoms with E-state index in [1.807, 2.05) is 12.1 Å². The molecule has 0 bridgehead atoms. The zero-order chi connectivity index (χ0) is 13.2. The molecule has 0 spiro atoms. The first-order chi connectivity index (χ1) is 9.26. The van der Waals surface area contributed by atoms with Crippen LogP contribution in [0.4, 0.5) is 0 Å². The van der Waals surface area contributed by atoms with Crippen LogP contribution in [-0.4, -0.2) is 24.6 Å².